The van der Waals surface area contributed by atoms with Crippen LogP contribution < -0.4 is 10.2 Å². The largest absolute Gasteiger partial charge is 0.379 e. The van der Waals surface area contributed by atoms with E-state index in [9.17, 15) is 14.0 Å². The molecule has 1 atom stereocenters. The highest BCUT2D eigenvalue weighted by Gasteiger charge is 2.48. The Morgan fingerprint density at radius 1 is 1.44 bits per heavy atom. The zero-order valence-electron chi connectivity index (χ0n) is 15.4. The Labute approximate surface area is 148 Å². The molecule has 1 aliphatic rings. The summed E-state index contributed by atoms with van der Waals surface area (Å²) in [4.78, 5) is 26.7. The number of anilines is 1. The van der Waals surface area contributed by atoms with Crippen molar-refractivity contribution < 1.29 is 18.7 Å². The fourth-order valence-electron chi connectivity index (χ4n) is 3.12. The number of nitrogens with zero attached hydrogens (tertiary/aromatic N) is 1. The van der Waals surface area contributed by atoms with Crippen LogP contribution in [0.25, 0.3) is 0 Å². The van der Waals surface area contributed by atoms with Crippen molar-refractivity contribution in [1.29, 1.82) is 0 Å². The highest BCUT2D eigenvalue weighted by atomic mass is 19.1. The minimum Gasteiger partial charge on any atom is -0.379 e. The summed E-state index contributed by atoms with van der Waals surface area (Å²) < 4.78 is 18.8. The number of rotatable bonds is 7. The average molecular weight is 350 g/mol. The normalized spacial score (nSPS) is 20.4. The van der Waals surface area contributed by atoms with Gasteiger partial charge in [0.25, 0.3) is 0 Å². The Balaban J connectivity index is 2.08. The van der Waals surface area contributed by atoms with E-state index in [0.29, 0.717) is 43.7 Å². The second kappa shape index (κ2) is 7.95. The molecular formula is C19H27FN2O3. The number of halogens is 1. The first kappa shape index (κ1) is 19.4. The van der Waals surface area contributed by atoms with Gasteiger partial charge in [-0.15, -0.1) is 0 Å². The standard InChI is InChI=1S/C19H27FN2O3/c1-13(2)25-11-5-10-21-18(24)19(4)9-8-17(23)22(19)16-7-6-15(20)12-14(16)3/h6-7,12-13H,5,8-11H2,1-4H3,(H,21,24). The van der Waals surface area contributed by atoms with Crippen LogP contribution in [0, 0.1) is 12.7 Å². The van der Waals surface area contributed by atoms with E-state index in [1.807, 2.05) is 13.8 Å². The van der Waals surface area contributed by atoms with Crippen LogP contribution in [0.5, 0.6) is 0 Å². The first-order valence-electron chi connectivity index (χ1n) is 8.75. The fraction of sp³-hybridized carbons (Fsp3) is 0.579. The molecule has 0 radical (unpaired) electrons. The van der Waals surface area contributed by atoms with Gasteiger partial charge in [-0.2, -0.15) is 0 Å². The topological polar surface area (TPSA) is 58.6 Å². The summed E-state index contributed by atoms with van der Waals surface area (Å²) in [5.41, 5.74) is 0.266. The zero-order valence-corrected chi connectivity index (χ0v) is 15.4. The summed E-state index contributed by atoms with van der Waals surface area (Å²) in [6.45, 7) is 8.51. The number of carbonyl (C=O) groups is 2. The minimum atomic E-state index is -0.960. The van der Waals surface area contributed by atoms with Crippen molar-refractivity contribution in [3.05, 3.63) is 29.6 Å². The Morgan fingerprint density at radius 2 is 2.16 bits per heavy atom. The van der Waals surface area contributed by atoms with Crippen LogP contribution >= 0.6 is 0 Å². The maximum atomic E-state index is 13.4. The van der Waals surface area contributed by atoms with Gasteiger partial charge in [-0.1, -0.05) is 0 Å². The van der Waals surface area contributed by atoms with E-state index in [4.69, 9.17) is 4.74 Å². The third-order valence-corrected chi connectivity index (χ3v) is 4.52. The summed E-state index contributed by atoms with van der Waals surface area (Å²) in [6, 6.07) is 4.26. The minimum absolute atomic E-state index is 0.115. The predicted octanol–water partition coefficient (Wildman–Crippen LogP) is 2.95. The molecule has 1 heterocycles. The lowest BCUT2D eigenvalue weighted by Crippen LogP contribution is -2.55. The predicted molar refractivity (Wildman–Crippen MR) is 95.0 cm³/mol. The molecule has 0 aromatic heterocycles. The second-order valence-corrected chi connectivity index (χ2v) is 6.96. The average Bonchev–Trinajstić information content (AvgIpc) is 2.83. The Kier molecular flexibility index (Phi) is 6.16. The highest BCUT2D eigenvalue weighted by molar-refractivity contribution is 6.06. The van der Waals surface area contributed by atoms with Gasteiger partial charge in [0.2, 0.25) is 11.8 Å². The third-order valence-electron chi connectivity index (χ3n) is 4.52. The Hall–Kier alpha value is -1.95. The number of nitrogens with one attached hydrogen (secondary N) is 1. The first-order valence-corrected chi connectivity index (χ1v) is 8.75. The van der Waals surface area contributed by atoms with Crippen molar-refractivity contribution in [1.82, 2.24) is 5.32 Å². The maximum Gasteiger partial charge on any atom is 0.246 e. The summed E-state index contributed by atoms with van der Waals surface area (Å²) >= 11 is 0. The zero-order chi connectivity index (χ0) is 18.6. The van der Waals surface area contributed by atoms with Gasteiger partial charge in [0.05, 0.1) is 6.10 Å². The maximum absolute atomic E-state index is 13.4. The molecular weight excluding hydrogens is 323 g/mol. The molecule has 5 nitrogen and oxygen atoms in total. The van der Waals surface area contributed by atoms with Gasteiger partial charge >= 0.3 is 0 Å². The quantitative estimate of drug-likeness (QED) is 0.769. The lowest BCUT2D eigenvalue weighted by Gasteiger charge is -2.35. The third kappa shape index (κ3) is 4.37. The molecule has 1 aromatic carbocycles. The van der Waals surface area contributed by atoms with Crippen LogP contribution in [0.2, 0.25) is 0 Å². The van der Waals surface area contributed by atoms with Crippen LogP contribution in [-0.2, 0) is 14.3 Å². The van der Waals surface area contributed by atoms with Gasteiger partial charge in [-0.3, -0.25) is 14.5 Å². The summed E-state index contributed by atoms with van der Waals surface area (Å²) in [6.07, 6.45) is 1.62. The lowest BCUT2D eigenvalue weighted by atomic mass is 9.96. The Bertz CT molecular complexity index is 648. The molecule has 1 N–H and O–H groups in total. The summed E-state index contributed by atoms with van der Waals surface area (Å²) in [7, 11) is 0. The number of hydrogen-bond acceptors (Lipinski definition) is 3. The van der Waals surface area contributed by atoms with Crippen LogP contribution in [-0.4, -0.2) is 36.6 Å². The molecule has 0 saturated carbocycles. The number of benzene rings is 1. The van der Waals surface area contributed by atoms with E-state index in [1.165, 1.54) is 17.0 Å². The number of amides is 2. The van der Waals surface area contributed by atoms with Gasteiger partial charge in [-0.25, -0.2) is 4.39 Å². The SMILES string of the molecule is Cc1cc(F)ccc1N1C(=O)CCC1(C)C(=O)NCCCOC(C)C. The summed E-state index contributed by atoms with van der Waals surface area (Å²) in [5.74, 6) is -0.661. The van der Waals surface area contributed by atoms with E-state index in [0.717, 1.165) is 0 Å². The van der Waals surface area contributed by atoms with Crippen LogP contribution in [0.3, 0.4) is 0 Å². The molecule has 1 unspecified atom stereocenters. The van der Waals surface area contributed by atoms with Crippen molar-refractivity contribution in [3.63, 3.8) is 0 Å². The van der Waals surface area contributed by atoms with Crippen molar-refractivity contribution in [2.45, 2.75) is 58.6 Å². The number of ether oxygens (including phenoxy) is 1. The molecule has 0 spiro atoms. The smallest absolute Gasteiger partial charge is 0.246 e. The van der Waals surface area contributed by atoms with Gasteiger partial charge in [0.15, 0.2) is 0 Å². The number of carbonyl (C=O) groups excluding carboxylic acids is 2. The fourth-order valence-corrected chi connectivity index (χ4v) is 3.12. The molecule has 1 aromatic rings. The number of hydrogen-bond donors (Lipinski definition) is 1. The molecule has 6 heteroatoms. The van der Waals surface area contributed by atoms with E-state index in [1.54, 1.807) is 19.9 Å². The molecule has 25 heavy (non-hydrogen) atoms. The van der Waals surface area contributed by atoms with Crippen molar-refractivity contribution in [2.24, 2.45) is 0 Å². The van der Waals surface area contributed by atoms with E-state index in [-0.39, 0.29) is 23.7 Å². The van der Waals surface area contributed by atoms with Crippen molar-refractivity contribution in [2.75, 3.05) is 18.1 Å². The van der Waals surface area contributed by atoms with Gasteiger partial charge in [0, 0.05) is 25.3 Å². The van der Waals surface area contributed by atoms with Crippen LogP contribution in [0.15, 0.2) is 18.2 Å². The van der Waals surface area contributed by atoms with Crippen molar-refractivity contribution >= 4 is 17.5 Å². The molecule has 2 rings (SSSR count). The monoisotopic (exact) mass is 350 g/mol. The van der Waals surface area contributed by atoms with E-state index < -0.39 is 5.54 Å². The molecule has 2 amide bonds. The first-order chi connectivity index (χ1) is 11.8. The molecule has 138 valence electrons. The van der Waals surface area contributed by atoms with Crippen LogP contribution in [0.1, 0.15) is 45.6 Å². The van der Waals surface area contributed by atoms with Crippen molar-refractivity contribution in [3.8, 4) is 0 Å². The lowest BCUT2D eigenvalue weighted by molar-refractivity contribution is -0.127. The second-order valence-electron chi connectivity index (χ2n) is 6.96. The van der Waals surface area contributed by atoms with Gasteiger partial charge in [-0.05, 0) is 64.3 Å². The van der Waals surface area contributed by atoms with Crippen LogP contribution in [0.4, 0.5) is 10.1 Å². The van der Waals surface area contributed by atoms with E-state index in [2.05, 4.69) is 5.32 Å². The molecule has 1 aliphatic heterocycles. The molecule has 0 aliphatic carbocycles. The Morgan fingerprint density at radius 3 is 2.80 bits per heavy atom. The van der Waals surface area contributed by atoms with Gasteiger partial charge < -0.3 is 10.1 Å². The molecule has 1 saturated heterocycles. The van der Waals surface area contributed by atoms with Gasteiger partial charge in [0.1, 0.15) is 11.4 Å². The molecule has 1 fully saturated rings. The summed E-state index contributed by atoms with van der Waals surface area (Å²) in [5, 5.41) is 2.90. The number of aryl methyl sites for hydroxylation is 1. The highest BCUT2D eigenvalue weighted by Crippen LogP contribution is 2.37. The van der Waals surface area contributed by atoms with E-state index >= 15 is 0 Å². The molecule has 0 bridgehead atoms.